The number of rotatable bonds is 2. The van der Waals surface area contributed by atoms with E-state index in [4.69, 9.17) is 0 Å². The van der Waals surface area contributed by atoms with Gasteiger partial charge in [0.2, 0.25) is 0 Å². The Balaban J connectivity index is 1.96. The molecule has 2 rings (SSSR count). The third-order valence-electron chi connectivity index (χ3n) is 2.71. The second-order valence-electron chi connectivity index (χ2n) is 3.60. The maximum absolute atomic E-state index is 3.31. The Morgan fingerprint density at radius 3 is 2.67 bits per heavy atom. The molecule has 66 valence electrons. The third kappa shape index (κ3) is 1.41. The van der Waals surface area contributed by atoms with Gasteiger partial charge in [0.15, 0.2) is 0 Å². The SMILES string of the molecule is CNC1CC(c2ccc(C)s2)C1. The second kappa shape index (κ2) is 3.19. The van der Waals surface area contributed by atoms with Crippen molar-refractivity contribution in [2.45, 2.75) is 31.7 Å². The molecular formula is C10H15NS. The summed E-state index contributed by atoms with van der Waals surface area (Å²) in [4.78, 5) is 3.02. The van der Waals surface area contributed by atoms with Crippen molar-refractivity contribution in [3.05, 3.63) is 21.9 Å². The first-order valence-electron chi connectivity index (χ1n) is 4.53. The van der Waals surface area contributed by atoms with E-state index < -0.39 is 0 Å². The van der Waals surface area contributed by atoms with Crippen LogP contribution in [-0.4, -0.2) is 13.1 Å². The highest BCUT2D eigenvalue weighted by Gasteiger charge is 2.29. The molecule has 0 atom stereocenters. The van der Waals surface area contributed by atoms with Gasteiger partial charge in [-0.25, -0.2) is 0 Å². The lowest BCUT2D eigenvalue weighted by molar-refractivity contribution is 0.311. The molecule has 0 aromatic carbocycles. The van der Waals surface area contributed by atoms with Crippen LogP contribution in [0.25, 0.3) is 0 Å². The molecule has 1 nitrogen and oxygen atoms in total. The molecular weight excluding hydrogens is 166 g/mol. The van der Waals surface area contributed by atoms with Gasteiger partial charge in [-0.15, -0.1) is 11.3 Å². The Kier molecular flexibility index (Phi) is 2.20. The summed E-state index contributed by atoms with van der Waals surface area (Å²) in [5.41, 5.74) is 0. The fraction of sp³-hybridized carbons (Fsp3) is 0.600. The first-order valence-corrected chi connectivity index (χ1v) is 5.35. The molecule has 1 aromatic heterocycles. The maximum Gasteiger partial charge on any atom is 0.00802 e. The molecule has 1 aliphatic carbocycles. The van der Waals surface area contributed by atoms with Crippen molar-refractivity contribution >= 4 is 11.3 Å². The number of hydrogen-bond acceptors (Lipinski definition) is 2. The predicted octanol–water partition coefficient (Wildman–Crippen LogP) is 2.52. The van der Waals surface area contributed by atoms with Crippen LogP contribution in [0.3, 0.4) is 0 Å². The van der Waals surface area contributed by atoms with E-state index in [1.54, 1.807) is 4.88 Å². The summed E-state index contributed by atoms with van der Waals surface area (Å²) in [6.07, 6.45) is 2.66. The lowest BCUT2D eigenvalue weighted by Crippen LogP contribution is -2.37. The van der Waals surface area contributed by atoms with E-state index >= 15 is 0 Å². The van der Waals surface area contributed by atoms with Crippen LogP contribution in [0, 0.1) is 6.92 Å². The molecule has 1 fully saturated rings. The van der Waals surface area contributed by atoms with E-state index in [2.05, 4.69) is 31.4 Å². The van der Waals surface area contributed by atoms with Crippen LogP contribution >= 0.6 is 11.3 Å². The van der Waals surface area contributed by atoms with Crippen molar-refractivity contribution in [2.75, 3.05) is 7.05 Å². The fourth-order valence-electron chi connectivity index (χ4n) is 1.76. The minimum absolute atomic E-state index is 0.775. The van der Waals surface area contributed by atoms with Crippen molar-refractivity contribution in [1.82, 2.24) is 5.32 Å². The van der Waals surface area contributed by atoms with E-state index in [1.807, 2.05) is 11.3 Å². The molecule has 0 amide bonds. The molecule has 2 heteroatoms. The lowest BCUT2D eigenvalue weighted by atomic mass is 9.79. The van der Waals surface area contributed by atoms with Gasteiger partial charge in [0.25, 0.3) is 0 Å². The minimum Gasteiger partial charge on any atom is -0.317 e. The van der Waals surface area contributed by atoms with Gasteiger partial charge in [0.1, 0.15) is 0 Å². The summed E-state index contributed by atoms with van der Waals surface area (Å²) in [7, 11) is 2.06. The van der Waals surface area contributed by atoms with E-state index in [0.717, 1.165) is 12.0 Å². The first-order chi connectivity index (χ1) is 5.79. The predicted molar refractivity (Wildman–Crippen MR) is 53.9 cm³/mol. The van der Waals surface area contributed by atoms with E-state index in [9.17, 15) is 0 Å². The Hall–Kier alpha value is -0.340. The van der Waals surface area contributed by atoms with Gasteiger partial charge in [0.05, 0.1) is 0 Å². The number of thiophene rings is 1. The van der Waals surface area contributed by atoms with Crippen LogP contribution in [0.5, 0.6) is 0 Å². The van der Waals surface area contributed by atoms with Gasteiger partial charge >= 0.3 is 0 Å². The molecule has 0 bridgehead atoms. The van der Waals surface area contributed by atoms with Crippen LogP contribution in [-0.2, 0) is 0 Å². The number of hydrogen-bond donors (Lipinski definition) is 1. The second-order valence-corrected chi connectivity index (χ2v) is 4.92. The van der Waals surface area contributed by atoms with Crippen LogP contribution in [0.1, 0.15) is 28.5 Å². The fourth-order valence-corrected chi connectivity index (χ4v) is 2.76. The summed E-state index contributed by atoms with van der Waals surface area (Å²) in [5, 5.41) is 3.31. The average molecular weight is 181 g/mol. The Morgan fingerprint density at radius 2 is 2.17 bits per heavy atom. The maximum atomic E-state index is 3.31. The number of nitrogens with one attached hydrogen (secondary N) is 1. The zero-order valence-corrected chi connectivity index (χ0v) is 8.45. The molecule has 0 spiro atoms. The molecule has 1 saturated carbocycles. The first kappa shape index (κ1) is 8.27. The highest BCUT2D eigenvalue weighted by molar-refractivity contribution is 7.12. The van der Waals surface area contributed by atoms with Crippen molar-refractivity contribution in [1.29, 1.82) is 0 Å². The molecule has 0 unspecified atom stereocenters. The molecule has 1 N–H and O–H groups in total. The van der Waals surface area contributed by atoms with Crippen molar-refractivity contribution in [2.24, 2.45) is 0 Å². The van der Waals surface area contributed by atoms with Crippen LogP contribution in [0.2, 0.25) is 0 Å². The molecule has 1 aromatic rings. The standard InChI is InChI=1S/C10H15NS/c1-7-3-4-10(12-7)8-5-9(6-8)11-2/h3-4,8-9,11H,5-6H2,1-2H3. The van der Waals surface area contributed by atoms with Crippen LogP contribution in [0.4, 0.5) is 0 Å². The summed E-state index contributed by atoms with van der Waals surface area (Å²) in [5.74, 6) is 0.848. The highest BCUT2D eigenvalue weighted by atomic mass is 32.1. The molecule has 0 saturated heterocycles. The van der Waals surface area contributed by atoms with Gasteiger partial charge in [-0.3, -0.25) is 0 Å². The van der Waals surface area contributed by atoms with Gasteiger partial charge < -0.3 is 5.32 Å². The van der Waals surface area contributed by atoms with Crippen molar-refractivity contribution in [3.8, 4) is 0 Å². The summed E-state index contributed by atoms with van der Waals surface area (Å²) in [6.45, 7) is 2.18. The highest BCUT2D eigenvalue weighted by Crippen LogP contribution is 2.39. The summed E-state index contributed by atoms with van der Waals surface area (Å²) in [6, 6.07) is 5.29. The number of aryl methyl sites for hydroxylation is 1. The summed E-state index contributed by atoms with van der Waals surface area (Å²) >= 11 is 1.96. The van der Waals surface area contributed by atoms with E-state index in [1.165, 1.54) is 17.7 Å². The zero-order valence-electron chi connectivity index (χ0n) is 7.63. The van der Waals surface area contributed by atoms with Gasteiger partial charge in [-0.05, 0) is 44.9 Å². The van der Waals surface area contributed by atoms with Crippen molar-refractivity contribution in [3.63, 3.8) is 0 Å². The quantitative estimate of drug-likeness (QED) is 0.739. The van der Waals surface area contributed by atoms with Crippen LogP contribution < -0.4 is 5.32 Å². The Bertz CT molecular complexity index is 261. The summed E-state index contributed by atoms with van der Waals surface area (Å²) < 4.78 is 0. The normalized spacial score (nSPS) is 28.5. The van der Waals surface area contributed by atoms with E-state index in [0.29, 0.717) is 0 Å². The zero-order chi connectivity index (χ0) is 8.55. The smallest absolute Gasteiger partial charge is 0.00802 e. The Morgan fingerprint density at radius 1 is 1.42 bits per heavy atom. The van der Waals surface area contributed by atoms with Gasteiger partial charge in [-0.1, -0.05) is 0 Å². The molecule has 12 heavy (non-hydrogen) atoms. The molecule has 0 radical (unpaired) electrons. The van der Waals surface area contributed by atoms with Gasteiger partial charge in [-0.2, -0.15) is 0 Å². The average Bonchev–Trinajstić information content (AvgIpc) is 2.34. The largest absolute Gasteiger partial charge is 0.317 e. The molecule has 0 aliphatic heterocycles. The topological polar surface area (TPSA) is 12.0 Å². The Labute approximate surface area is 77.8 Å². The minimum atomic E-state index is 0.775. The molecule has 1 aliphatic rings. The van der Waals surface area contributed by atoms with Crippen LogP contribution in [0.15, 0.2) is 12.1 Å². The van der Waals surface area contributed by atoms with E-state index in [-0.39, 0.29) is 0 Å². The monoisotopic (exact) mass is 181 g/mol. The molecule has 1 heterocycles. The van der Waals surface area contributed by atoms with Crippen molar-refractivity contribution < 1.29 is 0 Å². The third-order valence-corrected chi connectivity index (χ3v) is 3.87. The lowest BCUT2D eigenvalue weighted by Gasteiger charge is -2.34. The van der Waals surface area contributed by atoms with Gasteiger partial charge in [0, 0.05) is 15.8 Å².